The van der Waals surface area contributed by atoms with Crippen LogP contribution in [0.4, 0.5) is 0 Å². The number of rotatable bonds is 5. The second kappa shape index (κ2) is 14.4. The number of esters is 2. The van der Waals surface area contributed by atoms with E-state index in [4.69, 9.17) is 13.7 Å². The van der Waals surface area contributed by atoms with Crippen molar-refractivity contribution in [1.29, 1.82) is 0 Å². The number of carbonyl (C=O) groups is 4. The van der Waals surface area contributed by atoms with Crippen LogP contribution in [0.5, 0.6) is 0 Å². The average molecular weight is 895 g/mol. The highest BCUT2D eigenvalue weighted by molar-refractivity contribution is 7.86. The fraction of sp³-hybridized carbons (Fsp3) is 0.736. The van der Waals surface area contributed by atoms with Crippen molar-refractivity contribution in [3.05, 3.63) is 53.1 Å². The van der Waals surface area contributed by atoms with Gasteiger partial charge in [-0.1, -0.05) is 42.7 Å². The molecule has 10 nitrogen and oxygen atoms in total. The van der Waals surface area contributed by atoms with E-state index in [2.05, 4.69) is 13.8 Å². The maximum atomic E-state index is 13.0. The summed E-state index contributed by atoms with van der Waals surface area (Å²) < 4.78 is 44.1. The van der Waals surface area contributed by atoms with Crippen LogP contribution < -0.4 is 0 Å². The predicted molar refractivity (Wildman–Crippen MR) is 234 cm³/mol. The van der Waals surface area contributed by atoms with Crippen LogP contribution in [0.25, 0.3) is 0 Å². The molecule has 64 heavy (non-hydrogen) atoms. The average Bonchev–Trinajstić information content (AvgIpc) is 4.13. The molecule has 0 amide bonds. The molecule has 2 aliphatic heterocycles. The van der Waals surface area contributed by atoms with Crippen LogP contribution in [0, 0.1) is 101 Å². The van der Waals surface area contributed by atoms with Gasteiger partial charge in [0.2, 0.25) is 0 Å². The molecule has 2 saturated heterocycles. The SMILES string of the molecule is C[C@]12CCC3C4CCC(=O)C=C4[C@H](CO)CC3C1C1CC1[C@@]21CCC(=O)O1.Cc1ccc(S(=O)(=O)OC[C@@H]2CC3C(CC[C@@]4(C)C3C3CC3[C@@]43CCC(=O)O3)C3CCC(=O)C=C32)cc1. The Balaban J connectivity index is 0.000000142. The Morgan fingerprint density at radius 3 is 1.58 bits per heavy atom. The summed E-state index contributed by atoms with van der Waals surface area (Å²) in [5.74, 6) is 6.94. The quantitative estimate of drug-likeness (QED) is 0.226. The van der Waals surface area contributed by atoms with E-state index in [-0.39, 0.29) is 75.5 Å². The summed E-state index contributed by atoms with van der Waals surface area (Å²) in [6, 6.07) is 6.74. The van der Waals surface area contributed by atoms with Crippen molar-refractivity contribution in [2.24, 2.45) is 93.7 Å². The molecular formula is C53H66O10S. The van der Waals surface area contributed by atoms with Crippen LogP contribution in [0.3, 0.4) is 0 Å². The summed E-state index contributed by atoms with van der Waals surface area (Å²) in [4.78, 5) is 49.1. The number of aryl methyl sites for hydroxylation is 1. The van der Waals surface area contributed by atoms with Crippen molar-refractivity contribution >= 4 is 33.6 Å². The van der Waals surface area contributed by atoms with E-state index in [1.807, 2.05) is 19.1 Å². The number of fused-ring (bicyclic) bond motifs is 18. The van der Waals surface area contributed by atoms with Gasteiger partial charge in [-0.05, 0) is 167 Å². The molecule has 0 bridgehead atoms. The molecule has 11 heteroatoms. The standard InChI is InChI=1S/C30H36O6S.C23H30O4/c1-17-3-6-20(7-4-17)37(33,34)35-16-18-13-24-22(21-8-5-19(31)14-23(18)21)9-11-29(2)28(24)25-15-26(25)30(29)12-10-27(32)36-30;1-22-6-4-15-14-3-2-13(25)9-16(14)12(11-24)8-17(15)21(22)18-10-19(18)23(22)7-5-20(26)27-23/h3-4,6-7,14,18,21-22,24-26,28H,5,8-13,15-16H2,1-2H3;9,12,14-15,17-19,21,24H,2-8,10-11H2,1H3/t18-,21?,22?,24?,25?,26?,28?,29-,30-;12-,14?,15?,17?,18?,19?,21?,22-,23-/m00/s1. The van der Waals surface area contributed by atoms with Crippen molar-refractivity contribution in [1.82, 2.24) is 0 Å². The molecule has 18 atom stereocenters. The summed E-state index contributed by atoms with van der Waals surface area (Å²) in [6.07, 6.45) is 18.4. The molecule has 0 aromatic heterocycles. The van der Waals surface area contributed by atoms with Gasteiger partial charge < -0.3 is 14.6 Å². The van der Waals surface area contributed by atoms with Crippen LogP contribution in [0.2, 0.25) is 0 Å². The Morgan fingerprint density at radius 1 is 0.625 bits per heavy atom. The minimum atomic E-state index is -3.88. The maximum absolute atomic E-state index is 13.0. The van der Waals surface area contributed by atoms with Gasteiger partial charge in [0.05, 0.1) is 11.5 Å². The molecule has 1 aromatic carbocycles. The van der Waals surface area contributed by atoms with Crippen molar-refractivity contribution in [3.63, 3.8) is 0 Å². The zero-order valence-corrected chi connectivity index (χ0v) is 38.6. The van der Waals surface area contributed by atoms with E-state index in [0.29, 0.717) is 96.7 Å². The first kappa shape index (κ1) is 42.2. The zero-order valence-electron chi connectivity index (χ0n) is 37.8. The Kier molecular flexibility index (Phi) is 9.52. The van der Waals surface area contributed by atoms with Gasteiger partial charge in [-0.25, -0.2) is 0 Å². The third kappa shape index (κ3) is 5.89. The number of aliphatic hydroxyl groups excluding tert-OH is 1. The maximum Gasteiger partial charge on any atom is 0.306 e. The normalized spacial score (nSPS) is 48.8. The molecule has 8 saturated carbocycles. The lowest BCUT2D eigenvalue weighted by Gasteiger charge is -2.58. The number of benzene rings is 1. The molecule has 2 spiro atoms. The van der Waals surface area contributed by atoms with E-state index in [9.17, 15) is 32.7 Å². The zero-order chi connectivity index (χ0) is 44.3. The first-order chi connectivity index (χ1) is 30.6. The largest absolute Gasteiger partial charge is 0.458 e. The number of hydrogen-bond donors (Lipinski definition) is 1. The Morgan fingerprint density at radius 2 is 1.11 bits per heavy atom. The summed E-state index contributed by atoms with van der Waals surface area (Å²) in [7, 11) is -3.88. The van der Waals surface area contributed by atoms with Crippen molar-refractivity contribution in [2.75, 3.05) is 13.2 Å². The van der Waals surface area contributed by atoms with Crippen molar-refractivity contribution in [3.8, 4) is 0 Å². The molecular weight excluding hydrogens is 829 g/mol. The van der Waals surface area contributed by atoms with E-state index >= 15 is 0 Å². The van der Waals surface area contributed by atoms with E-state index < -0.39 is 10.1 Å². The van der Waals surface area contributed by atoms with E-state index in [1.54, 1.807) is 24.3 Å². The number of aliphatic hydroxyl groups is 1. The second-order valence-electron chi connectivity index (χ2n) is 23.5. The summed E-state index contributed by atoms with van der Waals surface area (Å²) >= 11 is 0. The van der Waals surface area contributed by atoms with E-state index in [0.717, 1.165) is 75.3 Å². The van der Waals surface area contributed by atoms with Crippen LogP contribution >= 0.6 is 0 Å². The molecule has 1 aromatic rings. The minimum Gasteiger partial charge on any atom is -0.458 e. The second-order valence-corrected chi connectivity index (χ2v) is 25.1. The molecule has 10 aliphatic carbocycles. The molecule has 0 radical (unpaired) electrons. The van der Waals surface area contributed by atoms with Gasteiger partial charge in [0.1, 0.15) is 11.2 Å². The van der Waals surface area contributed by atoms with Gasteiger partial charge in [-0.2, -0.15) is 8.42 Å². The molecule has 1 N–H and O–H groups in total. The van der Waals surface area contributed by atoms with Crippen LogP contribution in [0.1, 0.15) is 122 Å². The highest BCUT2D eigenvalue weighted by Gasteiger charge is 2.80. The summed E-state index contributed by atoms with van der Waals surface area (Å²) in [5.41, 5.74) is 2.96. The van der Waals surface area contributed by atoms with Crippen LogP contribution in [0.15, 0.2) is 52.5 Å². The summed E-state index contributed by atoms with van der Waals surface area (Å²) in [6.45, 7) is 6.96. The first-order valence-electron chi connectivity index (χ1n) is 25.1. The van der Waals surface area contributed by atoms with Gasteiger partial charge in [0.15, 0.2) is 11.6 Å². The Hall–Kier alpha value is -3.15. The predicted octanol–water partition coefficient (Wildman–Crippen LogP) is 8.28. The molecule has 13 rings (SSSR count). The Bertz CT molecular complexity index is 2370. The topological polar surface area (TPSA) is 150 Å². The number of hydrogen-bond acceptors (Lipinski definition) is 10. The van der Waals surface area contributed by atoms with Gasteiger partial charge in [0, 0.05) is 66.8 Å². The number of carbonyl (C=O) groups excluding carboxylic acids is 4. The van der Waals surface area contributed by atoms with Crippen molar-refractivity contribution < 1.29 is 46.4 Å². The van der Waals surface area contributed by atoms with E-state index in [1.165, 1.54) is 18.4 Å². The third-order valence-corrected chi connectivity index (χ3v) is 22.5. The molecule has 344 valence electrons. The van der Waals surface area contributed by atoms with Gasteiger partial charge in [0.25, 0.3) is 10.1 Å². The van der Waals surface area contributed by atoms with Gasteiger partial charge >= 0.3 is 11.9 Å². The van der Waals surface area contributed by atoms with Gasteiger partial charge in [-0.3, -0.25) is 23.4 Å². The molecule has 12 unspecified atom stereocenters. The lowest BCUT2D eigenvalue weighted by atomic mass is 9.47. The highest BCUT2D eigenvalue weighted by Crippen LogP contribution is 2.80. The number of ketones is 2. The molecule has 10 fully saturated rings. The lowest BCUT2D eigenvalue weighted by molar-refractivity contribution is -0.175. The minimum absolute atomic E-state index is 0.0116. The fourth-order valence-electron chi connectivity index (χ4n) is 18.7. The highest BCUT2D eigenvalue weighted by atomic mass is 32.2. The Labute approximate surface area is 378 Å². The van der Waals surface area contributed by atoms with Crippen molar-refractivity contribution in [2.45, 2.75) is 140 Å². The monoisotopic (exact) mass is 894 g/mol. The van der Waals surface area contributed by atoms with Crippen LogP contribution in [-0.2, 0) is 43.0 Å². The summed E-state index contributed by atoms with van der Waals surface area (Å²) in [5, 5.41) is 10.1. The molecule has 2 heterocycles. The fourth-order valence-corrected chi connectivity index (χ4v) is 19.6. The third-order valence-electron chi connectivity index (χ3n) is 21.2. The number of ether oxygens (including phenoxy) is 2. The van der Waals surface area contributed by atoms with Gasteiger partial charge in [-0.15, -0.1) is 0 Å². The smallest absolute Gasteiger partial charge is 0.306 e. The van der Waals surface area contributed by atoms with Crippen LogP contribution in [-0.4, -0.2) is 61.4 Å². The molecule has 12 aliphatic rings. The lowest BCUT2D eigenvalue weighted by Crippen LogP contribution is -2.56. The first-order valence-corrected chi connectivity index (χ1v) is 26.5.